The number of rotatable bonds is 2. The van der Waals surface area contributed by atoms with Gasteiger partial charge in [0.25, 0.3) is 0 Å². The normalized spacial score (nSPS) is 17.7. The smallest absolute Gasteiger partial charge is 0.311 e. The van der Waals surface area contributed by atoms with Crippen molar-refractivity contribution in [3.8, 4) is 5.75 Å². The lowest BCUT2D eigenvalue weighted by Crippen LogP contribution is -2.27. The first-order valence-corrected chi connectivity index (χ1v) is 7.60. The SMILES string of the molecule is CC(=O)n1cc2c(c1CC(C)C)OC(=O)CC(C)(C)CC2=O. The fourth-order valence-electron chi connectivity index (χ4n) is 2.83. The highest BCUT2D eigenvalue weighted by Gasteiger charge is 2.34. The molecule has 5 nitrogen and oxygen atoms in total. The molecule has 1 aromatic rings. The van der Waals surface area contributed by atoms with Gasteiger partial charge in [-0.1, -0.05) is 27.7 Å². The van der Waals surface area contributed by atoms with Crippen molar-refractivity contribution in [3.63, 3.8) is 0 Å². The Morgan fingerprint density at radius 1 is 1.32 bits per heavy atom. The molecule has 120 valence electrons. The van der Waals surface area contributed by atoms with Crippen molar-refractivity contribution in [2.45, 2.75) is 53.9 Å². The van der Waals surface area contributed by atoms with Gasteiger partial charge in [-0.3, -0.25) is 19.0 Å². The van der Waals surface area contributed by atoms with E-state index < -0.39 is 5.41 Å². The van der Waals surface area contributed by atoms with Crippen molar-refractivity contribution in [2.24, 2.45) is 11.3 Å². The van der Waals surface area contributed by atoms with Gasteiger partial charge >= 0.3 is 5.97 Å². The molecule has 0 fully saturated rings. The van der Waals surface area contributed by atoms with E-state index in [2.05, 4.69) is 0 Å². The fourth-order valence-corrected chi connectivity index (χ4v) is 2.83. The van der Waals surface area contributed by atoms with Crippen molar-refractivity contribution in [1.29, 1.82) is 0 Å². The van der Waals surface area contributed by atoms with Gasteiger partial charge in [0, 0.05) is 19.5 Å². The van der Waals surface area contributed by atoms with Gasteiger partial charge in [0.1, 0.15) is 0 Å². The van der Waals surface area contributed by atoms with Crippen LogP contribution in [0, 0.1) is 11.3 Å². The molecule has 22 heavy (non-hydrogen) atoms. The molecule has 1 aliphatic heterocycles. The number of aromatic nitrogens is 1. The summed E-state index contributed by atoms with van der Waals surface area (Å²) in [7, 11) is 0. The van der Waals surface area contributed by atoms with Crippen LogP contribution in [0.3, 0.4) is 0 Å². The Balaban J connectivity index is 2.60. The third-order valence-electron chi connectivity index (χ3n) is 3.77. The average molecular weight is 305 g/mol. The second-order valence-electron chi connectivity index (χ2n) is 7.22. The van der Waals surface area contributed by atoms with Gasteiger partial charge in [-0.2, -0.15) is 0 Å². The van der Waals surface area contributed by atoms with Crippen molar-refractivity contribution in [2.75, 3.05) is 0 Å². The summed E-state index contributed by atoms with van der Waals surface area (Å²) >= 11 is 0. The highest BCUT2D eigenvalue weighted by Crippen LogP contribution is 2.37. The molecule has 0 aliphatic carbocycles. The molecule has 0 spiro atoms. The summed E-state index contributed by atoms with van der Waals surface area (Å²) in [6, 6.07) is 0. The van der Waals surface area contributed by atoms with Crippen LogP contribution in [-0.4, -0.2) is 22.2 Å². The third kappa shape index (κ3) is 3.29. The van der Waals surface area contributed by atoms with Crippen molar-refractivity contribution in [1.82, 2.24) is 4.57 Å². The number of nitrogens with zero attached hydrogens (tertiary/aromatic N) is 1. The van der Waals surface area contributed by atoms with E-state index in [1.807, 2.05) is 27.7 Å². The fraction of sp³-hybridized carbons (Fsp3) is 0.588. The van der Waals surface area contributed by atoms with Crippen LogP contribution in [0.4, 0.5) is 0 Å². The zero-order valence-corrected chi connectivity index (χ0v) is 13.9. The van der Waals surface area contributed by atoms with Crippen molar-refractivity contribution in [3.05, 3.63) is 17.5 Å². The number of ketones is 1. The lowest BCUT2D eigenvalue weighted by atomic mass is 9.82. The van der Waals surface area contributed by atoms with E-state index in [1.54, 1.807) is 0 Å². The monoisotopic (exact) mass is 305 g/mol. The van der Waals surface area contributed by atoms with Crippen molar-refractivity contribution < 1.29 is 19.1 Å². The maximum atomic E-state index is 12.5. The number of Topliss-reactive ketones (excluding diaryl/α,β-unsaturated/α-hetero) is 1. The Hall–Kier alpha value is -1.91. The zero-order valence-electron chi connectivity index (χ0n) is 13.9. The molecule has 0 N–H and O–H groups in total. The number of carbonyl (C=O) groups is 3. The second kappa shape index (κ2) is 5.71. The molecular weight excluding hydrogens is 282 g/mol. The summed E-state index contributed by atoms with van der Waals surface area (Å²) < 4.78 is 6.91. The maximum Gasteiger partial charge on any atom is 0.311 e. The first kappa shape index (κ1) is 16.5. The molecule has 0 unspecified atom stereocenters. The Morgan fingerprint density at radius 2 is 1.95 bits per heavy atom. The summed E-state index contributed by atoms with van der Waals surface area (Å²) in [6.07, 6.45) is 2.54. The molecule has 1 aromatic heterocycles. The molecule has 2 rings (SSSR count). The van der Waals surface area contributed by atoms with Gasteiger partial charge in [0.2, 0.25) is 5.91 Å². The number of esters is 1. The minimum Gasteiger partial charge on any atom is -0.424 e. The van der Waals surface area contributed by atoms with Crippen LogP contribution < -0.4 is 4.74 Å². The molecular formula is C17H23NO4. The average Bonchev–Trinajstić information content (AvgIpc) is 2.64. The Labute approximate surface area is 130 Å². The molecule has 2 heterocycles. The molecule has 5 heteroatoms. The number of fused-ring (bicyclic) bond motifs is 1. The second-order valence-corrected chi connectivity index (χ2v) is 7.22. The van der Waals surface area contributed by atoms with Crippen LogP contribution in [0.5, 0.6) is 5.75 Å². The summed E-state index contributed by atoms with van der Waals surface area (Å²) in [4.78, 5) is 36.5. The highest BCUT2D eigenvalue weighted by molar-refractivity contribution is 6.02. The van der Waals surface area contributed by atoms with Crippen LogP contribution >= 0.6 is 0 Å². The van der Waals surface area contributed by atoms with Crippen LogP contribution in [-0.2, 0) is 11.2 Å². The van der Waals surface area contributed by atoms with E-state index in [-0.39, 0.29) is 42.2 Å². The molecule has 0 saturated heterocycles. The predicted molar refractivity (Wildman–Crippen MR) is 82.3 cm³/mol. The van der Waals surface area contributed by atoms with Gasteiger partial charge in [-0.15, -0.1) is 0 Å². The van der Waals surface area contributed by atoms with Crippen LogP contribution in [0.25, 0.3) is 0 Å². The molecule has 0 atom stereocenters. The minimum absolute atomic E-state index is 0.0856. The Kier molecular flexibility index (Phi) is 4.27. The van der Waals surface area contributed by atoms with Crippen LogP contribution in [0.1, 0.15) is 68.3 Å². The van der Waals surface area contributed by atoms with Gasteiger partial charge in [-0.25, -0.2) is 0 Å². The van der Waals surface area contributed by atoms with Gasteiger partial charge < -0.3 is 4.74 Å². The molecule has 0 saturated carbocycles. The number of carbonyl (C=O) groups excluding carboxylic acids is 3. The third-order valence-corrected chi connectivity index (χ3v) is 3.77. The lowest BCUT2D eigenvalue weighted by molar-refractivity contribution is -0.136. The molecule has 0 bridgehead atoms. The standard InChI is InChI=1S/C17H23NO4/c1-10(2)6-13-16-12(9-18(13)11(3)19)14(20)7-17(4,5)8-15(21)22-16/h9-10H,6-8H2,1-5H3. The number of hydrogen-bond donors (Lipinski definition) is 0. The lowest BCUT2D eigenvalue weighted by Gasteiger charge is -2.25. The summed E-state index contributed by atoms with van der Waals surface area (Å²) in [5.41, 5.74) is 0.508. The zero-order chi connectivity index (χ0) is 16.7. The Bertz CT molecular complexity index is 637. The first-order chi connectivity index (χ1) is 10.1. The van der Waals surface area contributed by atoms with E-state index >= 15 is 0 Å². The van der Waals surface area contributed by atoms with Gasteiger partial charge in [0.15, 0.2) is 11.5 Å². The molecule has 0 radical (unpaired) electrons. The Morgan fingerprint density at radius 3 is 2.50 bits per heavy atom. The maximum absolute atomic E-state index is 12.5. The number of ether oxygens (including phenoxy) is 1. The van der Waals surface area contributed by atoms with E-state index in [4.69, 9.17) is 4.74 Å². The molecule has 0 aromatic carbocycles. The highest BCUT2D eigenvalue weighted by atomic mass is 16.5. The largest absolute Gasteiger partial charge is 0.424 e. The topological polar surface area (TPSA) is 65.4 Å². The predicted octanol–water partition coefficient (Wildman–Crippen LogP) is 3.25. The van der Waals surface area contributed by atoms with E-state index in [0.29, 0.717) is 17.7 Å². The van der Waals surface area contributed by atoms with Crippen LogP contribution in [0.15, 0.2) is 6.20 Å². The van der Waals surface area contributed by atoms with Gasteiger partial charge in [-0.05, 0) is 17.8 Å². The van der Waals surface area contributed by atoms with Crippen molar-refractivity contribution >= 4 is 17.7 Å². The summed E-state index contributed by atoms with van der Waals surface area (Å²) in [5, 5.41) is 0. The quantitative estimate of drug-likeness (QED) is 0.787. The molecule has 1 aliphatic rings. The van der Waals surface area contributed by atoms with Gasteiger partial charge in [0.05, 0.1) is 17.7 Å². The van der Waals surface area contributed by atoms with E-state index in [1.165, 1.54) is 17.7 Å². The number of hydrogen-bond acceptors (Lipinski definition) is 4. The summed E-state index contributed by atoms with van der Waals surface area (Å²) in [5.74, 6) is -0.0877. The molecule has 0 amide bonds. The summed E-state index contributed by atoms with van der Waals surface area (Å²) in [6.45, 7) is 9.20. The minimum atomic E-state index is -0.442. The van der Waals surface area contributed by atoms with Crippen LogP contribution in [0.2, 0.25) is 0 Å². The first-order valence-electron chi connectivity index (χ1n) is 7.60. The van der Waals surface area contributed by atoms with E-state index in [9.17, 15) is 14.4 Å². The van der Waals surface area contributed by atoms with E-state index in [0.717, 1.165) is 0 Å².